The van der Waals surface area contributed by atoms with Crippen molar-refractivity contribution in [2.45, 2.75) is 25.1 Å². The summed E-state index contributed by atoms with van der Waals surface area (Å²) in [6.07, 6.45) is -10.4. The van der Waals surface area contributed by atoms with Crippen molar-refractivity contribution in [1.82, 2.24) is 5.32 Å². The first-order valence-electron chi connectivity index (χ1n) is 8.82. The van der Waals surface area contributed by atoms with Gasteiger partial charge in [0.05, 0.1) is 17.8 Å². The molecule has 2 aromatic rings. The molecule has 2 rings (SSSR count). The van der Waals surface area contributed by atoms with E-state index in [1.54, 1.807) is 0 Å². The number of esters is 1. The summed E-state index contributed by atoms with van der Waals surface area (Å²) < 4.78 is 86.8. The van der Waals surface area contributed by atoms with Gasteiger partial charge in [0.1, 0.15) is 5.75 Å². The summed E-state index contributed by atoms with van der Waals surface area (Å²) in [5.74, 6) is -2.53. The van der Waals surface area contributed by atoms with E-state index >= 15 is 0 Å². The van der Waals surface area contributed by atoms with Crippen molar-refractivity contribution in [2.75, 3.05) is 17.7 Å². The summed E-state index contributed by atoms with van der Waals surface area (Å²) in [7, 11) is 0.682. The Morgan fingerprint density at radius 3 is 2.09 bits per heavy atom. The van der Waals surface area contributed by atoms with Gasteiger partial charge in [-0.25, -0.2) is 9.59 Å². The second-order valence-corrected chi connectivity index (χ2v) is 6.83. The number of methoxy groups -OCH3 is 1. The first-order valence-corrected chi connectivity index (χ1v) is 9.20. The van der Waals surface area contributed by atoms with Gasteiger partial charge in [-0.05, 0) is 42.8 Å². The SMILES string of the molecule is COC(=O)[C@](NC(=O)Nc1ccc(OC(F)(F)F)cc1)(Nc1cccc(C)c1Cl)C(F)(F)F. The number of rotatable bonds is 6. The highest BCUT2D eigenvalue weighted by molar-refractivity contribution is 6.34. The molecule has 0 fully saturated rings. The van der Waals surface area contributed by atoms with Gasteiger partial charge in [-0.15, -0.1) is 13.2 Å². The van der Waals surface area contributed by atoms with Crippen LogP contribution in [0.4, 0.5) is 42.5 Å². The number of benzene rings is 2. The van der Waals surface area contributed by atoms with E-state index in [1.807, 2.05) is 10.6 Å². The topological polar surface area (TPSA) is 88.7 Å². The number of carbonyl (C=O) groups excluding carboxylic acids is 2. The Morgan fingerprint density at radius 1 is 0.970 bits per heavy atom. The van der Waals surface area contributed by atoms with Gasteiger partial charge in [-0.2, -0.15) is 13.2 Å². The highest BCUT2D eigenvalue weighted by atomic mass is 35.5. The summed E-state index contributed by atoms with van der Waals surface area (Å²) >= 11 is 6.02. The van der Waals surface area contributed by atoms with Crippen molar-refractivity contribution >= 4 is 35.0 Å². The summed E-state index contributed by atoms with van der Waals surface area (Å²) in [6, 6.07) is 6.03. The molecule has 33 heavy (non-hydrogen) atoms. The molecule has 0 bridgehead atoms. The summed E-state index contributed by atoms with van der Waals surface area (Å²) in [5, 5.41) is 5.22. The largest absolute Gasteiger partial charge is 0.573 e. The first-order chi connectivity index (χ1) is 15.2. The van der Waals surface area contributed by atoms with Crippen molar-refractivity contribution in [3.8, 4) is 5.75 Å². The van der Waals surface area contributed by atoms with Crippen LogP contribution >= 0.6 is 11.6 Å². The number of nitrogens with one attached hydrogen (secondary N) is 3. The lowest BCUT2D eigenvalue weighted by atomic mass is 10.1. The standard InChI is InChI=1S/C19H16ClF6N3O4/c1-10-4-3-5-13(14(10)20)28-17(15(30)32-2,18(21,22)23)29-16(31)27-11-6-8-12(9-7-11)33-19(24,25)26/h3-9,28H,1-2H3,(H2,27,29,31)/t17-/m1/s1. The zero-order chi connectivity index (χ0) is 25.0. The molecule has 0 saturated heterocycles. The van der Waals surface area contributed by atoms with Crippen LogP contribution in [0.1, 0.15) is 5.56 Å². The van der Waals surface area contributed by atoms with E-state index in [9.17, 15) is 35.9 Å². The molecule has 7 nitrogen and oxygen atoms in total. The maximum atomic E-state index is 14.1. The van der Waals surface area contributed by atoms with Gasteiger partial charge in [-0.3, -0.25) is 5.32 Å². The first kappa shape index (κ1) is 25.9. The molecule has 0 spiro atoms. The number of aryl methyl sites for hydroxylation is 1. The number of anilines is 2. The Kier molecular flexibility index (Phi) is 7.57. The fourth-order valence-electron chi connectivity index (χ4n) is 2.56. The Bertz CT molecular complexity index is 1010. The fraction of sp³-hybridized carbons (Fsp3) is 0.263. The molecule has 3 N–H and O–H groups in total. The van der Waals surface area contributed by atoms with Crippen molar-refractivity contribution < 1.29 is 45.4 Å². The molecule has 0 unspecified atom stereocenters. The lowest BCUT2D eigenvalue weighted by molar-refractivity contribution is -0.274. The van der Waals surface area contributed by atoms with Crippen LogP contribution in [-0.4, -0.2) is 37.3 Å². The Balaban J connectivity index is 2.33. The van der Waals surface area contributed by atoms with Crippen molar-refractivity contribution in [3.05, 3.63) is 53.1 Å². The summed E-state index contributed by atoms with van der Waals surface area (Å²) in [5.41, 5.74) is -3.90. The zero-order valence-corrected chi connectivity index (χ0v) is 17.6. The normalized spacial score (nSPS) is 13.5. The maximum absolute atomic E-state index is 14.1. The van der Waals surface area contributed by atoms with Crippen molar-refractivity contribution in [2.24, 2.45) is 0 Å². The van der Waals surface area contributed by atoms with Gasteiger partial charge in [0.15, 0.2) is 0 Å². The molecule has 0 aliphatic heterocycles. The number of carbonyl (C=O) groups is 2. The third kappa shape index (κ3) is 6.34. The third-order valence-electron chi connectivity index (χ3n) is 4.08. The van der Waals surface area contributed by atoms with Gasteiger partial charge in [0, 0.05) is 5.69 Å². The fourth-order valence-corrected chi connectivity index (χ4v) is 2.74. The van der Waals surface area contributed by atoms with E-state index in [1.165, 1.54) is 24.4 Å². The number of alkyl halides is 6. The maximum Gasteiger partial charge on any atom is 0.573 e. The lowest BCUT2D eigenvalue weighted by Gasteiger charge is -2.35. The predicted molar refractivity (Wildman–Crippen MR) is 106 cm³/mol. The number of hydrogen-bond acceptors (Lipinski definition) is 5. The molecule has 0 radical (unpaired) electrons. The summed E-state index contributed by atoms with van der Waals surface area (Å²) in [4.78, 5) is 24.6. The van der Waals surface area contributed by atoms with Crippen LogP contribution in [0.3, 0.4) is 0 Å². The van der Waals surface area contributed by atoms with E-state index in [4.69, 9.17) is 11.6 Å². The van der Waals surface area contributed by atoms with Gasteiger partial charge >= 0.3 is 30.2 Å². The Morgan fingerprint density at radius 2 is 1.58 bits per heavy atom. The molecule has 0 aliphatic rings. The summed E-state index contributed by atoms with van der Waals surface area (Å²) in [6.45, 7) is 1.51. The van der Waals surface area contributed by atoms with Gasteiger partial charge in [-0.1, -0.05) is 23.7 Å². The van der Waals surface area contributed by atoms with Crippen LogP contribution in [0, 0.1) is 6.92 Å². The number of halogens is 7. The molecule has 2 aromatic carbocycles. The average molecular weight is 500 g/mol. The smallest absolute Gasteiger partial charge is 0.466 e. The predicted octanol–water partition coefficient (Wildman–Crippen LogP) is 5.21. The Hall–Kier alpha value is -3.35. The molecule has 1 atom stereocenters. The van der Waals surface area contributed by atoms with Gasteiger partial charge in [0.25, 0.3) is 0 Å². The second kappa shape index (κ2) is 9.65. The van der Waals surface area contributed by atoms with E-state index in [-0.39, 0.29) is 16.4 Å². The second-order valence-electron chi connectivity index (χ2n) is 6.45. The molecule has 180 valence electrons. The highest BCUT2D eigenvalue weighted by Crippen LogP contribution is 2.36. The highest BCUT2D eigenvalue weighted by Gasteiger charge is 2.63. The average Bonchev–Trinajstić information content (AvgIpc) is 2.69. The molecule has 0 aromatic heterocycles. The van der Waals surface area contributed by atoms with Crippen molar-refractivity contribution in [3.63, 3.8) is 0 Å². The van der Waals surface area contributed by atoms with Crippen molar-refractivity contribution in [1.29, 1.82) is 0 Å². The molecular weight excluding hydrogens is 484 g/mol. The molecular formula is C19H16ClF6N3O4. The molecule has 14 heteroatoms. The minimum absolute atomic E-state index is 0.141. The van der Waals surface area contributed by atoms with E-state index < -0.39 is 36.0 Å². The monoisotopic (exact) mass is 499 g/mol. The molecule has 0 aliphatic carbocycles. The van der Waals surface area contributed by atoms with Crippen LogP contribution in [0.5, 0.6) is 5.75 Å². The third-order valence-corrected chi connectivity index (χ3v) is 4.58. The molecule has 0 saturated carbocycles. The molecule has 0 heterocycles. The van der Waals surface area contributed by atoms with E-state index in [2.05, 4.69) is 9.47 Å². The number of hydrogen-bond donors (Lipinski definition) is 3. The van der Waals surface area contributed by atoms with Gasteiger partial charge in [0.2, 0.25) is 0 Å². The number of urea groups is 1. The van der Waals surface area contributed by atoms with Crippen LogP contribution in [0.25, 0.3) is 0 Å². The van der Waals surface area contributed by atoms with Crippen LogP contribution in [-0.2, 0) is 9.53 Å². The van der Waals surface area contributed by atoms with Crippen LogP contribution < -0.4 is 20.7 Å². The lowest BCUT2D eigenvalue weighted by Crippen LogP contribution is -2.69. The van der Waals surface area contributed by atoms with Crippen LogP contribution in [0.15, 0.2) is 42.5 Å². The van der Waals surface area contributed by atoms with E-state index in [0.29, 0.717) is 12.7 Å². The Labute approximate surface area is 188 Å². The van der Waals surface area contributed by atoms with Gasteiger partial charge < -0.3 is 20.1 Å². The van der Waals surface area contributed by atoms with E-state index in [0.717, 1.165) is 30.3 Å². The zero-order valence-electron chi connectivity index (χ0n) is 16.8. The van der Waals surface area contributed by atoms with Crippen LogP contribution in [0.2, 0.25) is 5.02 Å². The number of amides is 2. The number of ether oxygens (including phenoxy) is 2. The minimum atomic E-state index is -5.42. The molecule has 2 amide bonds. The minimum Gasteiger partial charge on any atom is -0.466 e. The quantitative estimate of drug-likeness (QED) is 0.288.